The third-order valence-corrected chi connectivity index (χ3v) is 5.53. The van der Waals surface area contributed by atoms with E-state index in [1.165, 1.54) is 25.7 Å². The van der Waals surface area contributed by atoms with Gasteiger partial charge >= 0.3 is 0 Å². The zero-order valence-corrected chi connectivity index (χ0v) is 16.9. The van der Waals surface area contributed by atoms with Gasteiger partial charge in [-0.15, -0.1) is 0 Å². The van der Waals surface area contributed by atoms with Crippen LogP contribution in [-0.2, 0) is 0 Å². The van der Waals surface area contributed by atoms with Crippen LogP contribution in [0.2, 0.25) is 0 Å². The van der Waals surface area contributed by atoms with Gasteiger partial charge in [-0.05, 0) is 25.8 Å². The number of fused-ring (bicyclic) bond motifs is 3. The first-order valence-corrected chi connectivity index (χ1v) is 10.4. The molecule has 9 heteroatoms. The van der Waals surface area contributed by atoms with E-state index in [2.05, 4.69) is 35.1 Å². The molecule has 154 valence electrons. The molecule has 0 unspecified atom stereocenters. The fourth-order valence-corrected chi connectivity index (χ4v) is 4.12. The van der Waals surface area contributed by atoms with Crippen LogP contribution in [0.4, 0.5) is 17.6 Å². The Hall–Kier alpha value is -3.33. The number of hydrogen-bond acceptors (Lipinski definition) is 8. The molecule has 1 aliphatic carbocycles. The Balaban J connectivity index is 1.47. The molecule has 1 fully saturated rings. The Kier molecular flexibility index (Phi) is 4.88. The van der Waals surface area contributed by atoms with Gasteiger partial charge in [0.1, 0.15) is 11.5 Å². The monoisotopic (exact) mass is 403 g/mol. The Bertz CT molecular complexity index is 1160. The van der Waals surface area contributed by atoms with Gasteiger partial charge in [0.2, 0.25) is 5.95 Å². The zero-order valence-electron chi connectivity index (χ0n) is 16.9. The van der Waals surface area contributed by atoms with Crippen molar-refractivity contribution in [1.82, 2.24) is 29.5 Å². The molecule has 4 aromatic rings. The summed E-state index contributed by atoms with van der Waals surface area (Å²) in [5.41, 5.74) is 7.81. The summed E-state index contributed by atoms with van der Waals surface area (Å²) >= 11 is 0. The largest absolute Gasteiger partial charge is 0.367 e. The first kappa shape index (κ1) is 18.7. The van der Waals surface area contributed by atoms with Gasteiger partial charge in [-0.3, -0.25) is 4.98 Å². The topological polar surface area (TPSA) is 119 Å². The van der Waals surface area contributed by atoms with E-state index in [1.807, 2.05) is 31.6 Å². The smallest absolute Gasteiger partial charge is 0.230 e. The maximum Gasteiger partial charge on any atom is 0.230 e. The van der Waals surface area contributed by atoms with Crippen LogP contribution < -0.4 is 16.4 Å². The van der Waals surface area contributed by atoms with Crippen LogP contribution >= 0.6 is 0 Å². The maximum atomic E-state index is 5.76. The number of nitrogens with one attached hydrogen (secondary N) is 2. The minimum Gasteiger partial charge on any atom is -0.367 e. The SMILES string of the molecule is C[C@H](N)CNc1cnc(Nc2ncc3c4ccncc4n(C4CCCC4)c3n2)cn1. The van der Waals surface area contributed by atoms with Crippen LogP contribution in [0.3, 0.4) is 0 Å². The zero-order chi connectivity index (χ0) is 20.5. The highest BCUT2D eigenvalue weighted by atomic mass is 15.2. The van der Waals surface area contributed by atoms with Gasteiger partial charge in [0.25, 0.3) is 0 Å². The van der Waals surface area contributed by atoms with E-state index >= 15 is 0 Å². The summed E-state index contributed by atoms with van der Waals surface area (Å²) < 4.78 is 2.34. The van der Waals surface area contributed by atoms with Crippen molar-refractivity contribution in [3.8, 4) is 0 Å². The molecule has 30 heavy (non-hydrogen) atoms. The van der Waals surface area contributed by atoms with E-state index < -0.39 is 0 Å². The van der Waals surface area contributed by atoms with E-state index in [-0.39, 0.29) is 6.04 Å². The summed E-state index contributed by atoms with van der Waals surface area (Å²) in [5.74, 6) is 1.78. The first-order chi connectivity index (χ1) is 14.7. The summed E-state index contributed by atoms with van der Waals surface area (Å²) in [5, 5.41) is 8.51. The Morgan fingerprint density at radius 3 is 2.63 bits per heavy atom. The summed E-state index contributed by atoms with van der Waals surface area (Å²) in [4.78, 5) is 22.5. The van der Waals surface area contributed by atoms with Crippen molar-refractivity contribution in [3.05, 3.63) is 37.1 Å². The van der Waals surface area contributed by atoms with E-state index in [1.54, 1.807) is 12.4 Å². The van der Waals surface area contributed by atoms with Crippen LogP contribution in [0, 0.1) is 0 Å². The minimum atomic E-state index is 0.0477. The van der Waals surface area contributed by atoms with E-state index in [4.69, 9.17) is 10.7 Å². The number of hydrogen-bond donors (Lipinski definition) is 3. The predicted octanol–water partition coefficient (Wildman–Crippen LogP) is 3.39. The number of anilines is 3. The summed E-state index contributed by atoms with van der Waals surface area (Å²) in [7, 11) is 0. The van der Waals surface area contributed by atoms with Crippen LogP contribution in [0.25, 0.3) is 21.9 Å². The van der Waals surface area contributed by atoms with Gasteiger partial charge < -0.3 is 20.9 Å². The molecule has 4 N–H and O–H groups in total. The first-order valence-electron chi connectivity index (χ1n) is 10.4. The highest BCUT2D eigenvalue weighted by Crippen LogP contribution is 2.37. The van der Waals surface area contributed by atoms with Gasteiger partial charge in [0.05, 0.1) is 24.1 Å². The maximum absolute atomic E-state index is 5.76. The lowest BCUT2D eigenvalue weighted by Gasteiger charge is -2.14. The lowest BCUT2D eigenvalue weighted by molar-refractivity contribution is 0.546. The minimum absolute atomic E-state index is 0.0477. The second-order valence-electron chi connectivity index (χ2n) is 7.90. The van der Waals surface area contributed by atoms with Gasteiger partial charge in [-0.1, -0.05) is 12.8 Å². The Morgan fingerprint density at radius 2 is 1.87 bits per heavy atom. The Labute approximate surface area is 174 Å². The molecule has 0 amide bonds. The van der Waals surface area contributed by atoms with Crippen molar-refractivity contribution in [2.75, 3.05) is 17.2 Å². The number of nitrogens with zero attached hydrogens (tertiary/aromatic N) is 6. The normalized spacial score (nSPS) is 15.7. The molecule has 0 aromatic carbocycles. The fourth-order valence-electron chi connectivity index (χ4n) is 4.12. The predicted molar refractivity (Wildman–Crippen MR) is 118 cm³/mol. The molecule has 0 spiro atoms. The molecule has 9 nitrogen and oxygen atoms in total. The molecule has 1 saturated carbocycles. The molecule has 0 radical (unpaired) electrons. The average Bonchev–Trinajstić information content (AvgIpc) is 3.39. The van der Waals surface area contributed by atoms with Gasteiger partial charge in [0, 0.05) is 41.8 Å². The lowest BCUT2D eigenvalue weighted by Crippen LogP contribution is -2.25. The van der Waals surface area contributed by atoms with Gasteiger partial charge in [-0.25, -0.2) is 15.0 Å². The fraction of sp³-hybridized carbons (Fsp3) is 0.381. The molecule has 0 bridgehead atoms. The van der Waals surface area contributed by atoms with Crippen molar-refractivity contribution in [2.24, 2.45) is 5.73 Å². The molecule has 4 heterocycles. The van der Waals surface area contributed by atoms with E-state index in [0.717, 1.165) is 21.9 Å². The lowest BCUT2D eigenvalue weighted by atomic mass is 10.2. The number of aromatic nitrogens is 6. The Morgan fingerprint density at radius 1 is 1.07 bits per heavy atom. The summed E-state index contributed by atoms with van der Waals surface area (Å²) in [6.45, 7) is 2.58. The van der Waals surface area contributed by atoms with Gasteiger partial charge in [0.15, 0.2) is 5.82 Å². The second-order valence-corrected chi connectivity index (χ2v) is 7.90. The molecule has 0 saturated heterocycles. The average molecular weight is 403 g/mol. The third kappa shape index (κ3) is 3.52. The van der Waals surface area contributed by atoms with Crippen LogP contribution in [0.15, 0.2) is 37.1 Å². The molecule has 0 aliphatic heterocycles. The van der Waals surface area contributed by atoms with Crippen molar-refractivity contribution < 1.29 is 0 Å². The molecule has 1 atom stereocenters. The number of nitrogens with two attached hydrogens (primary N) is 1. The van der Waals surface area contributed by atoms with Crippen LogP contribution in [0.1, 0.15) is 38.6 Å². The second kappa shape index (κ2) is 7.83. The number of pyridine rings is 1. The van der Waals surface area contributed by atoms with Crippen molar-refractivity contribution in [3.63, 3.8) is 0 Å². The van der Waals surface area contributed by atoms with E-state index in [9.17, 15) is 0 Å². The summed E-state index contributed by atoms with van der Waals surface area (Å²) in [6, 6.07) is 2.54. The van der Waals surface area contributed by atoms with Crippen molar-refractivity contribution in [1.29, 1.82) is 0 Å². The molecular formula is C21H25N9. The summed E-state index contributed by atoms with van der Waals surface area (Å²) in [6.07, 6.45) is 13.8. The molecular weight excluding hydrogens is 378 g/mol. The number of rotatable bonds is 6. The van der Waals surface area contributed by atoms with Crippen molar-refractivity contribution >= 4 is 39.5 Å². The van der Waals surface area contributed by atoms with Crippen LogP contribution in [0.5, 0.6) is 0 Å². The molecule has 4 aromatic heterocycles. The van der Waals surface area contributed by atoms with Gasteiger partial charge in [-0.2, -0.15) is 4.98 Å². The van der Waals surface area contributed by atoms with Crippen LogP contribution in [-0.4, -0.2) is 42.1 Å². The quantitative estimate of drug-likeness (QED) is 0.448. The highest BCUT2D eigenvalue weighted by Gasteiger charge is 2.23. The standard InChI is InChI=1S/C21H25N9/c1-13(22)8-24-18-11-26-19(12-25-18)28-21-27-9-16-15-6-7-23-10-17(15)30(20(16)29-21)14-4-2-3-5-14/h6-7,9-14H,2-5,8,22H2,1H3,(H,24,25)(H,26,27,28,29)/t13-/m0/s1. The molecule has 5 rings (SSSR count). The van der Waals surface area contributed by atoms with E-state index in [0.29, 0.717) is 30.2 Å². The highest BCUT2D eigenvalue weighted by molar-refractivity contribution is 6.06. The van der Waals surface area contributed by atoms with Crippen molar-refractivity contribution in [2.45, 2.75) is 44.7 Å². The third-order valence-electron chi connectivity index (χ3n) is 5.53. The molecule has 1 aliphatic rings.